The smallest absolute Gasteiger partial charge is 0.278 e. The summed E-state index contributed by atoms with van der Waals surface area (Å²) in [4.78, 5) is 32.6. The highest BCUT2D eigenvalue weighted by molar-refractivity contribution is 9.10. The van der Waals surface area contributed by atoms with Crippen molar-refractivity contribution in [3.63, 3.8) is 0 Å². The van der Waals surface area contributed by atoms with Gasteiger partial charge in [0.05, 0.1) is 18.2 Å². The third-order valence-corrected chi connectivity index (χ3v) is 5.83. The summed E-state index contributed by atoms with van der Waals surface area (Å²) in [6, 6.07) is 16.6. The summed E-state index contributed by atoms with van der Waals surface area (Å²) in [5.41, 5.74) is 7.17. The lowest BCUT2D eigenvalue weighted by Gasteiger charge is -2.07. The summed E-state index contributed by atoms with van der Waals surface area (Å²) >= 11 is 7.88. The van der Waals surface area contributed by atoms with E-state index >= 15 is 0 Å². The number of carbonyl (C=O) groups is 2. The molecule has 0 fully saturated rings. The van der Waals surface area contributed by atoms with Crippen LogP contribution < -0.4 is 15.6 Å². The van der Waals surface area contributed by atoms with Gasteiger partial charge in [0.25, 0.3) is 11.8 Å². The highest BCUT2D eigenvalue weighted by Gasteiger charge is 2.09. The van der Waals surface area contributed by atoms with Crippen LogP contribution in [0.2, 0.25) is 0 Å². The predicted molar refractivity (Wildman–Crippen MR) is 143 cm³/mol. The third kappa shape index (κ3) is 9.97. The monoisotopic (exact) mass is 618 g/mol. The van der Waals surface area contributed by atoms with Crippen LogP contribution in [-0.2, 0) is 9.59 Å². The van der Waals surface area contributed by atoms with Gasteiger partial charge in [0.15, 0.2) is 11.8 Å². The van der Waals surface area contributed by atoms with Crippen molar-refractivity contribution in [1.29, 1.82) is 0 Å². The number of amides is 2. The van der Waals surface area contributed by atoms with Crippen LogP contribution in [0.25, 0.3) is 0 Å². The van der Waals surface area contributed by atoms with Crippen molar-refractivity contribution < 1.29 is 14.3 Å². The lowest BCUT2D eigenvalue weighted by atomic mass is 10.2. The number of thioether (sulfide) groups is 1. The Balaban J connectivity index is 1.44. The average Bonchev–Trinajstić information content (AvgIpc) is 2.81. The van der Waals surface area contributed by atoms with Crippen molar-refractivity contribution in [2.24, 2.45) is 10.2 Å². The molecule has 1 heterocycles. The highest BCUT2D eigenvalue weighted by Crippen LogP contribution is 2.18. The molecule has 180 valence electrons. The zero-order valence-electron chi connectivity index (χ0n) is 18.4. The van der Waals surface area contributed by atoms with Crippen LogP contribution in [0.1, 0.15) is 16.8 Å². The fourth-order valence-corrected chi connectivity index (χ4v) is 4.04. The Bertz CT molecular complexity index is 1160. The zero-order chi connectivity index (χ0) is 25.0. The highest BCUT2D eigenvalue weighted by atomic mass is 79.9. The molecule has 2 N–H and O–H groups in total. The van der Waals surface area contributed by atoms with Crippen molar-refractivity contribution >= 4 is 67.9 Å². The van der Waals surface area contributed by atoms with E-state index in [9.17, 15) is 9.59 Å². The quantitative estimate of drug-likeness (QED) is 0.153. The Morgan fingerprint density at radius 3 is 2.14 bits per heavy atom. The summed E-state index contributed by atoms with van der Waals surface area (Å²) in [5, 5.41) is 8.20. The number of rotatable bonds is 10. The van der Waals surface area contributed by atoms with Crippen molar-refractivity contribution in [3.8, 4) is 5.88 Å². The van der Waals surface area contributed by atoms with Crippen LogP contribution in [-0.4, -0.2) is 46.6 Å². The molecule has 0 saturated heterocycles. The fourth-order valence-electron chi connectivity index (χ4n) is 2.52. The Kier molecular flexibility index (Phi) is 10.4. The van der Waals surface area contributed by atoms with Crippen molar-refractivity contribution in [1.82, 2.24) is 20.8 Å². The zero-order valence-corrected chi connectivity index (χ0v) is 22.4. The van der Waals surface area contributed by atoms with E-state index in [4.69, 9.17) is 4.74 Å². The molecule has 2 amide bonds. The molecule has 2 aromatic carbocycles. The largest absolute Gasteiger partial charge is 0.467 e. The lowest BCUT2D eigenvalue weighted by Crippen LogP contribution is -2.25. The molecule has 12 heteroatoms. The first kappa shape index (κ1) is 26.5. The molecule has 0 bridgehead atoms. The second-order valence-corrected chi connectivity index (χ2v) is 9.68. The maximum absolute atomic E-state index is 12.1. The van der Waals surface area contributed by atoms with E-state index in [0.29, 0.717) is 10.9 Å². The molecule has 35 heavy (non-hydrogen) atoms. The fraction of sp³-hybridized carbons (Fsp3) is 0.130. The number of aryl methyl sites for hydroxylation is 1. The summed E-state index contributed by atoms with van der Waals surface area (Å²) in [6.07, 6.45) is 3.08. The third-order valence-electron chi connectivity index (χ3n) is 4.00. The Labute approximate surface area is 223 Å². The molecule has 0 radical (unpaired) electrons. The molecular formula is C23H20Br2N6O3S. The van der Waals surface area contributed by atoms with Crippen LogP contribution in [0.5, 0.6) is 5.88 Å². The van der Waals surface area contributed by atoms with E-state index in [0.717, 1.165) is 31.8 Å². The van der Waals surface area contributed by atoms with Gasteiger partial charge in [-0.3, -0.25) is 9.59 Å². The Hall–Kier alpha value is -3.09. The minimum atomic E-state index is -0.440. The number of ether oxygens (including phenoxy) is 1. The van der Waals surface area contributed by atoms with Crippen molar-refractivity contribution in [3.05, 3.63) is 80.4 Å². The van der Waals surface area contributed by atoms with Crippen molar-refractivity contribution in [2.75, 3.05) is 12.4 Å². The van der Waals surface area contributed by atoms with E-state index in [2.05, 4.69) is 62.9 Å². The second kappa shape index (κ2) is 13.7. The maximum Gasteiger partial charge on any atom is 0.278 e. The number of carbonyl (C=O) groups excluding carboxylic acids is 2. The van der Waals surface area contributed by atoms with E-state index in [-0.39, 0.29) is 24.1 Å². The molecule has 0 aliphatic carbocycles. The molecular weight excluding hydrogens is 600 g/mol. The standard InChI is InChI=1S/C23H20Br2N6O3S/c1-15-8-22(34-13-20(32)30-26-11-16-4-2-6-18(24)9-16)29-23(28-15)35-14-21(33)31-27-12-17-5-3-7-19(25)10-17/h2-12H,13-14H2,1H3,(H,30,32)(H,31,33)/b26-11-,27-12-. The number of hydrogen-bond donors (Lipinski definition) is 2. The summed E-state index contributed by atoms with van der Waals surface area (Å²) < 4.78 is 7.29. The molecule has 0 atom stereocenters. The molecule has 9 nitrogen and oxygen atoms in total. The van der Waals surface area contributed by atoms with Gasteiger partial charge in [0.2, 0.25) is 5.88 Å². The van der Waals surface area contributed by atoms with Crippen LogP contribution in [0.4, 0.5) is 0 Å². The van der Waals surface area contributed by atoms with E-state index in [1.165, 1.54) is 6.21 Å². The number of halogens is 2. The molecule has 0 spiro atoms. The Morgan fingerprint density at radius 1 is 0.943 bits per heavy atom. The normalized spacial score (nSPS) is 11.1. The molecule has 0 unspecified atom stereocenters. The van der Waals surface area contributed by atoms with Gasteiger partial charge in [0, 0.05) is 20.7 Å². The first-order chi connectivity index (χ1) is 16.9. The minimum Gasteiger partial charge on any atom is -0.467 e. The van der Waals surface area contributed by atoms with E-state index < -0.39 is 5.91 Å². The number of nitrogens with zero attached hydrogens (tertiary/aromatic N) is 4. The summed E-state index contributed by atoms with van der Waals surface area (Å²) in [6.45, 7) is 1.49. The van der Waals surface area contributed by atoms with Crippen LogP contribution in [0.15, 0.2) is 78.9 Å². The predicted octanol–water partition coefficient (Wildman–Crippen LogP) is 4.08. The average molecular weight is 620 g/mol. The molecule has 3 rings (SSSR count). The van der Waals surface area contributed by atoms with Gasteiger partial charge < -0.3 is 4.74 Å². The summed E-state index contributed by atoms with van der Waals surface area (Å²) in [7, 11) is 0. The first-order valence-electron chi connectivity index (χ1n) is 10.1. The topological polar surface area (TPSA) is 118 Å². The van der Waals surface area contributed by atoms with Gasteiger partial charge in [-0.2, -0.15) is 15.2 Å². The molecule has 0 saturated carbocycles. The number of nitrogens with one attached hydrogen (secondary N) is 2. The molecule has 3 aromatic rings. The number of aromatic nitrogens is 2. The lowest BCUT2D eigenvalue weighted by molar-refractivity contribution is -0.123. The van der Waals surface area contributed by atoms with Gasteiger partial charge in [-0.25, -0.2) is 15.8 Å². The first-order valence-corrected chi connectivity index (χ1v) is 12.7. The number of hydrogen-bond acceptors (Lipinski definition) is 8. The van der Waals surface area contributed by atoms with Crippen molar-refractivity contribution in [2.45, 2.75) is 12.1 Å². The van der Waals surface area contributed by atoms with Gasteiger partial charge >= 0.3 is 0 Å². The second-order valence-electron chi connectivity index (χ2n) is 6.90. The van der Waals surface area contributed by atoms with Gasteiger partial charge in [0.1, 0.15) is 0 Å². The van der Waals surface area contributed by atoms with Crippen LogP contribution >= 0.6 is 43.6 Å². The SMILES string of the molecule is Cc1cc(OCC(=O)N/N=C\c2cccc(Br)c2)nc(SCC(=O)N/N=C\c2cccc(Br)c2)n1. The minimum absolute atomic E-state index is 0.0590. The molecule has 0 aliphatic rings. The van der Waals surface area contributed by atoms with E-state index in [1.807, 2.05) is 48.5 Å². The summed E-state index contributed by atoms with van der Waals surface area (Å²) in [5.74, 6) is -0.469. The number of benzene rings is 2. The Morgan fingerprint density at radius 2 is 1.54 bits per heavy atom. The molecule has 0 aliphatic heterocycles. The number of hydrazone groups is 2. The maximum atomic E-state index is 12.1. The van der Waals surface area contributed by atoms with E-state index in [1.54, 1.807) is 19.2 Å². The van der Waals surface area contributed by atoms with Gasteiger partial charge in [-0.1, -0.05) is 67.9 Å². The van der Waals surface area contributed by atoms with Gasteiger partial charge in [-0.15, -0.1) is 0 Å². The van der Waals surface area contributed by atoms with Crippen LogP contribution in [0, 0.1) is 6.92 Å². The molecule has 1 aromatic heterocycles. The van der Waals surface area contributed by atoms with Gasteiger partial charge in [-0.05, 0) is 42.3 Å². The van der Waals surface area contributed by atoms with Crippen LogP contribution in [0.3, 0.4) is 0 Å².